The molecular weight excluding hydrogens is 244 g/mol. The van der Waals surface area contributed by atoms with Crippen LogP contribution < -0.4 is 0 Å². The van der Waals surface area contributed by atoms with Crippen molar-refractivity contribution >= 4 is 14.3 Å². The van der Waals surface area contributed by atoms with E-state index in [9.17, 15) is 4.79 Å². The first-order valence-corrected chi connectivity index (χ1v) is 10.1. The van der Waals surface area contributed by atoms with Crippen LogP contribution >= 0.6 is 0 Å². The molecule has 0 saturated carbocycles. The van der Waals surface area contributed by atoms with Gasteiger partial charge in [0.1, 0.15) is 5.76 Å². The predicted molar refractivity (Wildman–Crippen MR) is 75.7 cm³/mol. The molecule has 18 heavy (non-hydrogen) atoms. The molecule has 0 saturated heterocycles. The molecule has 0 spiro atoms. The molecule has 1 aliphatic rings. The highest BCUT2D eigenvalue weighted by atomic mass is 28.4. The van der Waals surface area contributed by atoms with Crippen LogP contribution in [0.1, 0.15) is 40.0 Å². The fraction of sp³-hybridized carbons (Fsp3) is 0.786. The van der Waals surface area contributed by atoms with Crippen LogP contribution in [0.25, 0.3) is 0 Å². The third-order valence-electron chi connectivity index (χ3n) is 2.62. The normalized spacial score (nSPS) is 21.4. The summed E-state index contributed by atoms with van der Waals surface area (Å²) in [5, 5.41) is 0. The van der Waals surface area contributed by atoms with Crippen molar-refractivity contribution in [2.75, 3.05) is 0 Å². The number of carbonyl (C=O) groups excluding carboxylic acids is 1. The number of rotatable bonds is 3. The molecule has 0 fully saturated rings. The van der Waals surface area contributed by atoms with Gasteiger partial charge in [0.2, 0.25) is 0 Å². The van der Waals surface area contributed by atoms with Gasteiger partial charge in [-0.3, -0.25) is 4.79 Å². The zero-order valence-corrected chi connectivity index (χ0v) is 13.5. The van der Waals surface area contributed by atoms with Crippen LogP contribution in [0.5, 0.6) is 0 Å². The van der Waals surface area contributed by atoms with Crippen LogP contribution in [0, 0.1) is 5.41 Å². The second kappa shape index (κ2) is 5.57. The van der Waals surface area contributed by atoms with Crippen LogP contribution in [0.4, 0.5) is 0 Å². The molecule has 1 atom stereocenters. The molecule has 0 N–H and O–H groups in total. The van der Waals surface area contributed by atoms with E-state index < -0.39 is 13.7 Å². The first-order valence-electron chi connectivity index (χ1n) is 6.69. The second-order valence-corrected chi connectivity index (χ2v) is 11.4. The Labute approximate surface area is 112 Å². The Kier molecular flexibility index (Phi) is 4.78. The summed E-state index contributed by atoms with van der Waals surface area (Å²) >= 11 is 0. The van der Waals surface area contributed by atoms with Gasteiger partial charge in [0.25, 0.3) is 0 Å². The lowest BCUT2D eigenvalue weighted by molar-refractivity contribution is -0.148. The minimum absolute atomic E-state index is 0.119. The molecule has 0 aromatic heterocycles. The molecule has 0 aliphatic heterocycles. The highest BCUT2D eigenvalue weighted by molar-refractivity contribution is 6.69. The maximum atomic E-state index is 11.8. The zero-order chi connectivity index (χ0) is 14.0. The third-order valence-corrected chi connectivity index (χ3v) is 3.63. The first-order chi connectivity index (χ1) is 8.08. The second-order valence-electron chi connectivity index (χ2n) is 6.93. The monoisotopic (exact) mass is 270 g/mol. The standard InChI is InChI=1S/C14H26O3Si/c1-14(2,3)13(15)16-11-8-7-9-12(10-11)17-18(4,5)6/h10,12H,7-9H2,1-6H3/t12-/m1/s1. The van der Waals surface area contributed by atoms with E-state index in [-0.39, 0.29) is 12.1 Å². The van der Waals surface area contributed by atoms with E-state index in [1.807, 2.05) is 26.8 Å². The van der Waals surface area contributed by atoms with E-state index in [0.717, 1.165) is 25.0 Å². The molecule has 0 unspecified atom stereocenters. The smallest absolute Gasteiger partial charge is 0.316 e. The molecular formula is C14H26O3Si. The molecule has 1 rings (SSSR count). The number of hydrogen-bond acceptors (Lipinski definition) is 3. The van der Waals surface area contributed by atoms with Crippen LogP contribution in [0.3, 0.4) is 0 Å². The van der Waals surface area contributed by atoms with E-state index in [0.29, 0.717) is 0 Å². The molecule has 0 amide bonds. The first kappa shape index (κ1) is 15.4. The molecule has 0 radical (unpaired) electrons. The van der Waals surface area contributed by atoms with Gasteiger partial charge in [0, 0.05) is 6.42 Å². The average Bonchev–Trinajstić information content (AvgIpc) is 2.13. The van der Waals surface area contributed by atoms with Crippen LogP contribution in [-0.2, 0) is 14.0 Å². The molecule has 1 aliphatic carbocycles. The van der Waals surface area contributed by atoms with Crippen molar-refractivity contribution in [1.82, 2.24) is 0 Å². The van der Waals surface area contributed by atoms with Gasteiger partial charge < -0.3 is 9.16 Å². The van der Waals surface area contributed by atoms with E-state index in [4.69, 9.17) is 9.16 Å². The topological polar surface area (TPSA) is 35.5 Å². The van der Waals surface area contributed by atoms with E-state index in [2.05, 4.69) is 19.6 Å². The van der Waals surface area contributed by atoms with Crippen molar-refractivity contribution in [2.24, 2.45) is 5.41 Å². The lowest BCUT2D eigenvalue weighted by Crippen LogP contribution is -2.32. The number of carbonyl (C=O) groups is 1. The lowest BCUT2D eigenvalue weighted by atomic mass is 9.97. The molecule has 0 heterocycles. The Bertz CT molecular complexity index is 334. The molecule has 0 aromatic rings. The summed E-state index contributed by atoms with van der Waals surface area (Å²) in [6.07, 6.45) is 5.01. The fourth-order valence-electron chi connectivity index (χ4n) is 1.76. The van der Waals surface area contributed by atoms with Crippen molar-refractivity contribution in [3.8, 4) is 0 Å². The Balaban J connectivity index is 2.64. The van der Waals surface area contributed by atoms with Crippen molar-refractivity contribution in [3.05, 3.63) is 11.8 Å². The van der Waals surface area contributed by atoms with Gasteiger partial charge in [-0.2, -0.15) is 0 Å². The number of ether oxygens (including phenoxy) is 1. The van der Waals surface area contributed by atoms with Gasteiger partial charge in [-0.05, 0) is 59.3 Å². The zero-order valence-electron chi connectivity index (χ0n) is 12.5. The SMILES string of the molecule is CC(C)(C)C(=O)OC1=C[C@H](O[Si](C)(C)C)CCC1. The van der Waals surface area contributed by atoms with Crippen LogP contribution in [0.2, 0.25) is 19.6 Å². The summed E-state index contributed by atoms with van der Waals surface area (Å²) in [4.78, 5) is 11.8. The molecule has 3 nitrogen and oxygen atoms in total. The summed E-state index contributed by atoms with van der Waals surface area (Å²) < 4.78 is 11.5. The van der Waals surface area contributed by atoms with Crippen molar-refractivity contribution in [2.45, 2.75) is 65.8 Å². The van der Waals surface area contributed by atoms with Crippen molar-refractivity contribution in [3.63, 3.8) is 0 Å². The van der Waals surface area contributed by atoms with Gasteiger partial charge in [-0.15, -0.1) is 0 Å². The average molecular weight is 270 g/mol. The summed E-state index contributed by atoms with van der Waals surface area (Å²) in [6, 6.07) is 0. The van der Waals surface area contributed by atoms with Crippen molar-refractivity contribution in [1.29, 1.82) is 0 Å². The van der Waals surface area contributed by atoms with Gasteiger partial charge in [-0.1, -0.05) is 0 Å². The Morgan fingerprint density at radius 3 is 2.44 bits per heavy atom. The minimum atomic E-state index is -1.54. The number of hydrogen-bond donors (Lipinski definition) is 0. The fourth-order valence-corrected chi connectivity index (χ4v) is 2.85. The maximum Gasteiger partial charge on any atom is 0.316 e. The third kappa shape index (κ3) is 5.36. The number of allylic oxidation sites excluding steroid dienone is 1. The summed E-state index contributed by atoms with van der Waals surface area (Å²) in [5.41, 5.74) is -0.451. The minimum Gasteiger partial charge on any atom is -0.431 e. The van der Waals surface area contributed by atoms with E-state index in [1.54, 1.807) is 0 Å². The molecule has 0 bridgehead atoms. The van der Waals surface area contributed by atoms with Crippen LogP contribution in [-0.4, -0.2) is 20.4 Å². The summed E-state index contributed by atoms with van der Waals surface area (Å²) in [7, 11) is -1.54. The molecule has 104 valence electrons. The van der Waals surface area contributed by atoms with Gasteiger partial charge in [-0.25, -0.2) is 0 Å². The van der Waals surface area contributed by atoms with Gasteiger partial charge >= 0.3 is 5.97 Å². The largest absolute Gasteiger partial charge is 0.431 e. The highest BCUT2D eigenvalue weighted by Crippen LogP contribution is 2.26. The predicted octanol–water partition coefficient (Wildman–Crippen LogP) is 3.86. The number of esters is 1. The quantitative estimate of drug-likeness (QED) is 0.577. The molecule has 4 heteroatoms. The maximum absolute atomic E-state index is 11.8. The van der Waals surface area contributed by atoms with E-state index >= 15 is 0 Å². The van der Waals surface area contributed by atoms with E-state index in [1.165, 1.54) is 0 Å². The van der Waals surface area contributed by atoms with Gasteiger partial charge in [0.15, 0.2) is 8.32 Å². The Morgan fingerprint density at radius 1 is 1.33 bits per heavy atom. The molecule has 0 aromatic carbocycles. The Hall–Kier alpha value is -0.613. The van der Waals surface area contributed by atoms with Crippen molar-refractivity contribution < 1.29 is 14.0 Å². The summed E-state index contributed by atoms with van der Waals surface area (Å²) in [5.74, 6) is 0.617. The highest BCUT2D eigenvalue weighted by Gasteiger charge is 2.27. The lowest BCUT2D eigenvalue weighted by Gasteiger charge is -2.28. The Morgan fingerprint density at radius 2 is 1.94 bits per heavy atom. The van der Waals surface area contributed by atoms with Gasteiger partial charge in [0.05, 0.1) is 11.5 Å². The summed E-state index contributed by atoms with van der Waals surface area (Å²) in [6.45, 7) is 12.1. The van der Waals surface area contributed by atoms with Crippen LogP contribution in [0.15, 0.2) is 11.8 Å².